The molecule has 4 rings (SSSR count). The summed E-state index contributed by atoms with van der Waals surface area (Å²) < 4.78 is 15.3. The number of hydrogen-bond donors (Lipinski definition) is 0. The van der Waals surface area contributed by atoms with Gasteiger partial charge < -0.3 is 4.90 Å². The Morgan fingerprint density at radius 1 is 1.12 bits per heavy atom. The van der Waals surface area contributed by atoms with Gasteiger partial charge in [-0.2, -0.15) is 5.10 Å². The summed E-state index contributed by atoms with van der Waals surface area (Å²) in [5.41, 5.74) is 4.72. The lowest BCUT2D eigenvalue weighted by Gasteiger charge is -2.20. The topological polar surface area (TPSA) is 51.0 Å². The molecule has 0 radical (unpaired) electrons. The van der Waals surface area contributed by atoms with E-state index in [9.17, 15) is 9.18 Å². The maximum absolute atomic E-state index is 13.4. The van der Waals surface area contributed by atoms with Crippen LogP contribution in [0.1, 0.15) is 21.6 Å². The van der Waals surface area contributed by atoms with Gasteiger partial charge in [-0.3, -0.25) is 14.5 Å². The SMILES string of the molecule is Cn1nc2c(c1-c1ccccc1)CCN(C(=O)c1cncc(F)c1)CC2. The van der Waals surface area contributed by atoms with E-state index in [1.807, 2.05) is 29.9 Å². The first-order valence-corrected chi connectivity index (χ1v) is 8.63. The molecule has 0 atom stereocenters. The molecule has 0 N–H and O–H groups in total. The van der Waals surface area contributed by atoms with E-state index in [1.165, 1.54) is 17.8 Å². The molecule has 1 amide bonds. The van der Waals surface area contributed by atoms with Gasteiger partial charge in [-0.15, -0.1) is 0 Å². The number of amides is 1. The molecule has 132 valence electrons. The molecule has 0 spiro atoms. The van der Waals surface area contributed by atoms with E-state index < -0.39 is 5.82 Å². The number of benzene rings is 1. The number of nitrogens with zero attached hydrogens (tertiary/aromatic N) is 4. The summed E-state index contributed by atoms with van der Waals surface area (Å²) in [6.07, 6.45) is 3.93. The molecule has 5 nitrogen and oxygen atoms in total. The second-order valence-electron chi connectivity index (χ2n) is 6.45. The molecule has 0 aliphatic carbocycles. The zero-order chi connectivity index (χ0) is 18.1. The lowest BCUT2D eigenvalue weighted by Crippen LogP contribution is -2.33. The summed E-state index contributed by atoms with van der Waals surface area (Å²) in [6, 6.07) is 11.4. The Hall–Kier alpha value is -3.02. The van der Waals surface area contributed by atoms with Crippen LogP contribution in [0, 0.1) is 5.82 Å². The third-order valence-corrected chi connectivity index (χ3v) is 4.77. The minimum Gasteiger partial charge on any atom is -0.338 e. The van der Waals surface area contributed by atoms with E-state index >= 15 is 0 Å². The van der Waals surface area contributed by atoms with Gasteiger partial charge in [0, 0.05) is 43.9 Å². The van der Waals surface area contributed by atoms with Crippen LogP contribution in [0.25, 0.3) is 11.3 Å². The largest absolute Gasteiger partial charge is 0.338 e. The van der Waals surface area contributed by atoms with Gasteiger partial charge in [0.1, 0.15) is 5.82 Å². The van der Waals surface area contributed by atoms with Crippen LogP contribution in [-0.4, -0.2) is 38.7 Å². The number of rotatable bonds is 2. The van der Waals surface area contributed by atoms with E-state index in [4.69, 9.17) is 0 Å². The predicted molar refractivity (Wildman–Crippen MR) is 96.2 cm³/mol. The number of fused-ring (bicyclic) bond motifs is 1. The van der Waals surface area contributed by atoms with Gasteiger partial charge in [0.25, 0.3) is 5.91 Å². The molecule has 0 bridgehead atoms. The first-order chi connectivity index (χ1) is 12.6. The number of halogens is 1. The fourth-order valence-corrected chi connectivity index (χ4v) is 3.56. The fraction of sp³-hybridized carbons (Fsp3) is 0.250. The Bertz CT molecular complexity index is 952. The zero-order valence-electron chi connectivity index (χ0n) is 14.5. The van der Waals surface area contributed by atoms with Crippen molar-refractivity contribution < 1.29 is 9.18 Å². The van der Waals surface area contributed by atoms with Gasteiger partial charge in [0.15, 0.2) is 0 Å². The van der Waals surface area contributed by atoms with E-state index in [1.54, 1.807) is 4.90 Å². The summed E-state index contributed by atoms with van der Waals surface area (Å²) in [4.78, 5) is 18.2. The molecule has 0 saturated carbocycles. The van der Waals surface area contributed by atoms with Crippen LogP contribution in [-0.2, 0) is 19.9 Å². The Morgan fingerprint density at radius 3 is 2.65 bits per heavy atom. The maximum Gasteiger partial charge on any atom is 0.255 e. The number of aryl methyl sites for hydroxylation is 1. The van der Waals surface area contributed by atoms with Crippen molar-refractivity contribution in [2.45, 2.75) is 12.8 Å². The van der Waals surface area contributed by atoms with E-state index in [2.05, 4.69) is 22.2 Å². The lowest BCUT2D eigenvalue weighted by atomic mass is 10.0. The van der Waals surface area contributed by atoms with Crippen LogP contribution in [0.4, 0.5) is 4.39 Å². The zero-order valence-corrected chi connectivity index (χ0v) is 14.5. The highest BCUT2D eigenvalue weighted by Crippen LogP contribution is 2.28. The first-order valence-electron chi connectivity index (χ1n) is 8.63. The van der Waals surface area contributed by atoms with Crippen molar-refractivity contribution in [2.75, 3.05) is 13.1 Å². The van der Waals surface area contributed by atoms with E-state index in [-0.39, 0.29) is 11.5 Å². The van der Waals surface area contributed by atoms with Crippen LogP contribution in [0.3, 0.4) is 0 Å². The van der Waals surface area contributed by atoms with Gasteiger partial charge >= 0.3 is 0 Å². The average Bonchev–Trinajstić information content (AvgIpc) is 2.83. The molecule has 3 heterocycles. The fourth-order valence-electron chi connectivity index (χ4n) is 3.56. The summed E-state index contributed by atoms with van der Waals surface area (Å²) in [7, 11) is 1.96. The Labute approximate surface area is 151 Å². The molecule has 1 aromatic carbocycles. The van der Waals surface area contributed by atoms with Crippen molar-refractivity contribution in [1.29, 1.82) is 0 Å². The highest BCUT2D eigenvalue weighted by molar-refractivity contribution is 5.94. The molecule has 1 aliphatic heterocycles. The molecule has 1 aliphatic rings. The quantitative estimate of drug-likeness (QED) is 0.714. The molecule has 3 aromatic rings. The normalized spacial score (nSPS) is 14.0. The monoisotopic (exact) mass is 350 g/mol. The van der Waals surface area contributed by atoms with Crippen molar-refractivity contribution in [3.63, 3.8) is 0 Å². The first kappa shape index (κ1) is 16.4. The summed E-state index contributed by atoms with van der Waals surface area (Å²) in [5, 5.41) is 4.67. The van der Waals surface area contributed by atoms with E-state index in [0.717, 1.165) is 29.6 Å². The number of pyridine rings is 1. The highest BCUT2D eigenvalue weighted by atomic mass is 19.1. The van der Waals surface area contributed by atoms with Gasteiger partial charge in [0.2, 0.25) is 0 Å². The van der Waals surface area contributed by atoms with Crippen molar-refractivity contribution >= 4 is 5.91 Å². The molecule has 0 unspecified atom stereocenters. The van der Waals surface area contributed by atoms with Gasteiger partial charge in [0.05, 0.1) is 23.1 Å². The Morgan fingerprint density at radius 2 is 1.88 bits per heavy atom. The Kier molecular flexibility index (Phi) is 4.24. The molecule has 6 heteroatoms. The van der Waals surface area contributed by atoms with Crippen molar-refractivity contribution in [3.05, 3.63) is 71.4 Å². The van der Waals surface area contributed by atoms with Crippen LogP contribution < -0.4 is 0 Å². The number of hydrogen-bond acceptors (Lipinski definition) is 3. The van der Waals surface area contributed by atoms with Gasteiger partial charge in [-0.1, -0.05) is 30.3 Å². The molecular weight excluding hydrogens is 331 g/mol. The molecule has 0 saturated heterocycles. The lowest BCUT2D eigenvalue weighted by molar-refractivity contribution is 0.0761. The van der Waals surface area contributed by atoms with Crippen LogP contribution in [0.2, 0.25) is 0 Å². The number of aromatic nitrogens is 3. The second kappa shape index (κ2) is 6.71. The van der Waals surface area contributed by atoms with Gasteiger partial charge in [-0.05, 0) is 12.5 Å². The van der Waals surface area contributed by atoms with E-state index in [0.29, 0.717) is 19.5 Å². The highest BCUT2D eigenvalue weighted by Gasteiger charge is 2.25. The summed E-state index contributed by atoms with van der Waals surface area (Å²) in [5.74, 6) is -0.685. The van der Waals surface area contributed by atoms with Crippen molar-refractivity contribution in [2.24, 2.45) is 7.05 Å². The van der Waals surface area contributed by atoms with Crippen LogP contribution >= 0.6 is 0 Å². The smallest absolute Gasteiger partial charge is 0.255 e. The summed E-state index contributed by atoms with van der Waals surface area (Å²) >= 11 is 0. The standard InChI is InChI=1S/C20H19FN4O/c1-24-19(14-5-3-2-4-6-14)17-7-9-25(10-8-18(17)23-24)20(26)15-11-16(21)13-22-12-15/h2-6,11-13H,7-10H2,1H3. The second-order valence-corrected chi connectivity index (χ2v) is 6.45. The number of carbonyl (C=O) groups excluding carboxylic acids is 1. The van der Waals surface area contributed by atoms with Crippen LogP contribution in [0.15, 0.2) is 48.8 Å². The molecule has 2 aromatic heterocycles. The molecule has 0 fully saturated rings. The average molecular weight is 350 g/mol. The minimum atomic E-state index is -0.498. The summed E-state index contributed by atoms with van der Waals surface area (Å²) in [6.45, 7) is 1.14. The maximum atomic E-state index is 13.4. The Balaban J connectivity index is 1.60. The molecule has 26 heavy (non-hydrogen) atoms. The van der Waals surface area contributed by atoms with Crippen molar-refractivity contribution in [1.82, 2.24) is 19.7 Å². The van der Waals surface area contributed by atoms with Crippen molar-refractivity contribution in [3.8, 4) is 11.3 Å². The molecular formula is C20H19FN4O. The predicted octanol–water partition coefficient (Wildman–Crippen LogP) is 2.86. The third-order valence-electron chi connectivity index (χ3n) is 4.77. The minimum absolute atomic E-state index is 0.187. The number of carbonyl (C=O) groups is 1. The van der Waals surface area contributed by atoms with Crippen LogP contribution in [0.5, 0.6) is 0 Å². The van der Waals surface area contributed by atoms with Gasteiger partial charge in [-0.25, -0.2) is 4.39 Å². The third kappa shape index (κ3) is 2.98.